The van der Waals surface area contributed by atoms with E-state index in [4.69, 9.17) is 4.74 Å². The Balaban J connectivity index is 1.48. The van der Waals surface area contributed by atoms with Gasteiger partial charge in [-0.25, -0.2) is 4.90 Å². The van der Waals surface area contributed by atoms with E-state index in [-0.39, 0.29) is 30.2 Å². The number of carbonyl (C=O) groups excluding carboxylic acids is 3. The van der Waals surface area contributed by atoms with Gasteiger partial charge in [-0.1, -0.05) is 37.3 Å². The molecule has 0 aromatic heterocycles. The van der Waals surface area contributed by atoms with E-state index in [0.717, 1.165) is 32.5 Å². The number of hydrogen-bond donors (Lipinski definition) is 0. The van der Waals surface area contributed by atoms with Crippen LogP contribution in [-0.4, -0.2) is 59.8 Å². The summed E-state index contributed by atoms with van der Waals surface area (Å²) in [5.41, 5.74) is 1.78. The van der Waals surface area contributed by atoms with Crippen LogP contribution in [0.2, 0.25) is 0 Å². The van der Waals surface area contributed by atoms with Crippen LogP contribution < -0.4 is 9.64 Å². The summed E-state index contributed by atoms with van der Waals surface area (Å²) in [5.74, 6) is 0.0375. The highest BCUT2D eigenvalue weighted by Gasteiger charge is 2.46. The van der Waals surface area contributed by atoms with E-state index in [1.807, 2.05) is 25.1 Å². The Morgan fingerprint density at radius 3 is 2.32 bits per heavy atom. The molecule has 2 heterocycles. The minimum absolute atomic E-state index is 0.0323. The first-order valence-electron chi connectivity index (χ1n) is 12.1. The van der Waals surface area contributed by atoms with E-state index >= 15 is 0 Å². The first-order valence-corrected chi connectivity index (χ1v) is 12.1. The molecule has 180 valence electrons. The summed E-state index contributed by atoms with van der Waals surface area (Å²) in [6, 6.07) is 16.4. The molecule has 0 spiro atoms. The van der Waals surface area contributed by atoms with Gasteiger partial charge in [0.25, 0.3) is 5.91 Å². The molecule has 7 nitrogen and oxygen atoms in total. The number of likely N-dealkylation sites (tertiary alicyclic amines) is 1. The number of amides is 3. The summed E-state index contributed by atoms with van der Waals surface area (Å²) in [5, 5.41) is 0. The predicted octanol–water partition coefficient (Wildman–Crippen LogP) is 3.62. The summed E-state index contributed by atoms with van der Waals surface area (Å²) in [7, 11) is 1.57. The molecule has 4 rings (SSSR count). The van der Waals surface area contributed by atoms with Crippen LogP contribution in [0.5, 0.6) is 5.75 Å². The maximum atomic E-state index is 13.4. The summed E-state index contributed by atoms with van der Waals surface area (Å²) in [6.07, 6.45) is 2.71. The smallest absolute Gasteiger partial charge is 0.257 e. The van der Waals surface area contributed by atoms with Gasteiger partial charge in [-0.15, -0.1) is 0 Å². The number of anilines is 1. The molecule has 0 N–H and O–H groups in total. The van der Waals surface area contributed by atoms with Crippen LogP contribution in [0.25, 0.3) is 0 Å². The lowest BCUT2D eigenvalue weighted by atomic mass is 9.99. The maximum Gasteiger partial charge on any atom is 0.257 e. The van der Waals surface area contributed by atoms with Crippen molar-refractivity contribution in [3.63, 3.8) is 0 Å². The molecule has 2 fully saturated rings. The molecule has 34 heavy (non-hydrogen) atoms. The summed E-state index contributed by atoms with van der Waals surface area (Å²) in [4.78, 5) is 44.9. The highest BCUT2D eigenvalue weighted by molar-refractivity contribution is 6.23. The minimum atomic E-state index is -0.737. The molecule has 0 aliphatic carbocycles. The second kappa shape index (κ2) is 10.8. The first kappa shape index (κ1) is 24.0. The van der Waals surface area contributed by atoms with Crippen LogP contribution in [-0.2, 0) is 20.9 Å². The number of nitrogens with zero attached hydrogens (tertiary/aromatic N) is 3. The number of piperidine rings is 1. The SMILES string of the molecule is CCCC(=O)N(C1CCN(Cc2ccccc2)CC1)C1CC(=O)N(c2ccc(OC)cc2)C1=O. The number of ether oxygens (including phenoxy) is 1. The molecule has 0 bridgehead atoms. The van der Waals surface area contributed by atoms with Crippen LogP contribution in [0, 0.1) is 0 Å². The normalized spacial score (nSPS) is 19.5. The van der Waals surface area contributed by atoms with Crippen molar-refractivity contribution in [2.45, 2.75) is 57.7 Å². The number of carbonyl (C=O) groups is 3. The lowest BCUT2D eigenvalue weighted by molar-refractivity contribution is -0.142. The van der Waals surface area contributed by atoms with Crippen molar-refractivity contribution in [1.82, 2.24) is 9.80 Å². The van der Waals surface area contributed by atoms with E-state index in [1.54, 1.807) is 36.3 Å². The van der Waals surface area contributed by atoms with Crippen molar-refractivity contribution < 1.29 is 19.1 Å². The molecular weight excluding hydrogens is 430 g/mol. The van der Waals surface area contributed by atoms with Gasteiger partial charge in [0, 0.05) is 32.1 Å². The van der Waals surface area contributed by atoms with Crippen molar-refractivity contribution >= 4 is 23.4 Å². The van der Waals surface area contributed by atoms with E-state index < -0.39 is 6.04 Å². The second-order valence-corrected chi connectivity index (χ2v) is 9.03. The molecule has 0 saturated carbocycles. The Hall–Kier alpha value is -3.19. The van der Waals surface area contributed by atoms with Gasteiger partial charge in [0.2, 0.25) is 11.8 Å². The Morgan fingerprint density at radius 1 is 1.03 bits per heavy atom. The fraction of sp³-hybridized carbons (Fsp3) is 0.444. The number of imide groups is 1. The summed E-state index contributed by atoms with van der Waals surface area (Å²) >= 11 is 0. The van der Waals surface area contributed by atoms with Crippen LogP contribution in [0.1, 0.15) is 44.6 Å². The van der Waals surface area contributed by atoms with Crippen molar-refractivity contribution in [2.75, 3.05) is 25.1 Å². The van der Waals surface area contributed by atoms with E-state index in [1.165, 1.54) is 10.5 Å². The maximum absolute atomic E-state index is 13.4. The molecule has 7 heteroatoms. The molecule has 2 saturated heterocycles. The standard InChI is InChI=1S/C27H33N3O4/c1-3-7-25(31)29(22-14-16-28(17-15-22)19-20-8-5-4-6-9-20)24-18-26(32)30(27(24)33)21-10-12-23(34-2)13-11-21/h4-6,8-13,22,24H,3,7,14-19H2,1-2H3. The Bertz CT molecular complexity index is 1000. The lowest BCUT2D eigenvalue weighted by Gasteiger charge is -2.40. The van der Waals surface area contributed by atoms with E-state index in [9.17, 15) is 14.4 Å². The van der Waals surface area contributed by atoms with Crippen molar-refractivity contribution in [3.8, 4) is 5.75 Å². The average Bonchev–Trinajstić information content (AvgIpc) is 3.14. The van der Waals surface area contributed by atoms with Gasteiger partial charge < -0.3 is 9.64 Å². The molecule has 2 aromatic carbocycles. The number of hydrogen-bond acceptors (Lipinski definition) is 5. The van der Waals surface area contributed by atoms with E-state index in [0.29, 0.717) is 24.3 Å². The van der Waals surface area contributed by atoms with Gasteiger partial charge in [-0.05, 0) is 49.1 Å². The third kappa shape index (κ3) is 5.14. The monoisotopic (exact) mass is 463 g/mol. The zero-order valence-corrected chi connectivity index (χ0v) is 20.0. The molecule has 2 aliphatic heterocycles. The molecule has 2 aromatic rings. The Morgan fingerprint density at radius 2 is 1.71 bits per heavy atom. The van der Waals surface area contributed by atoms with Crippen LogP contribution in [0.3, 0.4) is 0 Å². The molecule has 1 unspecified atom stereocenters. The second-order valence-electron chi connectivity index (χ2n) is 9.03. The van der Waals surface area contributed by atoms with Gasteiger partial charge in [0.1, 0.15) is 11.8 Å². The third-order valence-corrected chi connectivity index (χ3v) is 6.74. The molecule has 2 aliphatic rings. The number of methoxy groups -OCH3 is 1. The first-order chi connectivity index (χ1) is 16.5. The molecular formula is C27H33N3O4. The number of benzene rings is 2. The zero-order chi connectivity index (χ0) is 24.1. The van der Waals surface area contributed by atoms with Crippen LogP contribution in [0.15, 0.2) is 54.6 Å². The largest absolute Gasteiger partial charge is 0.497 e. The third-order valence-electron chi connectivity index (χ3n) is 6.74. The summed E-state index contributed by atoms with van der Waals surface area (Å²) in [6.45, 7) is 4.55. The van der Waals surface area contributed by atoms with Crippen molar-refractivity contribution in [3.05, 3.63) is 60.2 Å². The molecule has 0 radical (unpaired) electrons. The lowest BCUT2D eigenvalue weighted by Crippen LogP contribution is -2.54. The molecule has 1 atom stereocenters. The highest BCUT2D eigenvalue weighted by Crippen LogP contribution is 2.31. The quantitative estimate of drug-likeness (QED) is 0.560. The Kier molecular flexibility index (Phi) is 7.63. The highest BCUT2D eigenvalue weighted by atomic mass is 16.5. The van der Waals surface area contributed by atoms with Crippen LogP contribution >= 0.6 is 0 Å². The van der Waals surface area contributed by atoms with E-state index in [2.05, 4.69) is 17.0 Å². The number of rotatable bonds is 8. The van der Waals surface area contributed by atoms with Crippen LogP contribution in [0.4, 0.5) is 5.69 Å². The minimum Gasteiger partial charge on any atom is -0.497 e. The van der Waals surface area contributed by atoms with Crippen molar-refractivity contribution in [2.24, 2.45) is 0 Å². The van der Waals surface area contributed by atoms with Gasteiger partial charge in [0.05, 0.1) is 19.2 Å². The predicted molar refractivity (Wildman–Crippen MR) is 130 cm³/mol. The average molecular weight is 464 g/mol. The van der Waals surface area contributed by atoms with Gasteiger partial charge in [-0.2, -0.15) is 0 Å². The fourth-order valence-corrected chi connectivity index (χ4v) is 5.01. The van der Waals surface area contributed by atoms with Gasteiger partial charge >= 0.3 is 0 Å². The van der Waals surface area contributed by atoms with Gasteiger partial charge in [-0.3, -0.25) is 19.3 Å². The topological polar surface area (TPSA) is 70.2 Å². The zero-order valence-electron chi connectivity index (χ0n) is 20.0. The van der Waals surface area contributed by atoms with Gasteiger partial charge in [0.15, 0.2) is 0 Å². The Labute approximate surface area is 201 Å². The van der Waals surface area contributed by atoms with Crippen molar-refractivity contribution in [1.29, 1.82) is 0 Å². The summed E-state index contributed by atoms with van der Waals surface area (Å²) < 4.78 is 5.18. The molecule has 3 amide bonds. The fourth-order valence-electron chi connectivity index (χ4n) is 5.01.